The van der Waals surface area contributed by atoms with E-state index in [1.165, 1.54) is 15.3 Å². The number of hydrogen-bond acceptors (Lipinski definition) is 4. The minimum atomic E-state index is -4.53. The molecule has 2 atom stereocenters. The van der Waals surface area contributed by atoms with Crippen LogP contribution in [-0.2, 0) is 19.1 Å². The van der Waals surface area contributed by atoms with Crippen molar-refractivity contribution in [1.29, 1.82) is 0 Å². The predicted molar refractivity (Wildman–Crippen MR) is 131 cm³/mol. The van der Waals surface area contributed by atoms with Crippen molar-refractivity contribution in [3.8, 4) is 0 Å². The van der Waals surface area contributed by atoms with Crippen LogP contribution in [0.5, 0.6) is 0 Å². The van der Waals surface area contributed by atoms with Crippen LogP contribution in [0, 0.1) is 5.92 Å². The van der Waals surface area contributed by atoms with E-state index in [0.29, 0.717) is 17.6 Å². The molecule has 0 saturated carbocycles. The van der Waals surface area contributed by atoms with Gasteiger partial charge < -0.3 is 0 Å². The van der Waals surface area contributed by atoms with Gasteiger partial charge in [0.15, 0.2) is 5.65 Å². The van der Waals surface area contributed by atoms with E-state index in [0.717, 1.165) is 34.5 Å². The zero-order valence-corrected chi connectivity index (χ0v) is 19.9. The zero-order chi connectivity index (χ0) is 25.4. The summed E-state index contributed by atoms with van der Waals surface area (Å²) in [5.74, 6) is 0.111. The Bertz CT molecular complexity index is 1520. The number of nitrogens with zero attached hydrogens (tertiary/aromatic N) is 5. The summed E-state index contributed by atoms with van der Waals surface area (Å²) in [6.07, 6.45) is 4.67. The van der Waals surface area contributed by atoms with Crippen molar-refractivity contribution in [2.24, 2.45) is 5.92 Å². The van der Waals surface area contributed by atoms with Gasteiger partial charge in [0, 0.05) is 23.7 Å². The highest BCUT2D eigenvalue weighted by Crippen LogP contribution is 2.31. The lowest BCUT2D eigenvalue weighted by atomic mass is 9.90. The van der Waals surface area contributed by atoms with Gasteiger partial charge in [-0.25, -0.2) is 9.48 Å². The van der Waals surface area contributed by atoms with Gasteiger partial charge in [0.1, 0.15) is 5.69 Å². The lowest BCUT2D eigenvalue weighted by molar-refractivity contribution is -0.141. The first-order valence-electron chi connectivity index (χ1n) is 11.3. The number of benzene rings is 1. The summed E-state index contributed by atoms with van der Waals surface area (Å²) in [7, 11) is 0. The van der Waals surface area contributed by atoms with Crippen molar-refractivity contribution in [3.63, 3.8) is 0 Å². The smallest absolute Gasteiger partial charge is 0.251 e. The number of aromatic nitrogens is 5. The average molecular weight is 512 g/mol. The summed E-state index contributed by atoms with van der Waals surface area (Å²) in [6.45, 7) is 1.99. The molecule has 5 rings (SSSR count). The molecule has 0 radical (unpaired) electrons. The molecule has 0 aliphatic heterocycles. The Balaban J connectivity index is 1.59. The molecule has 184 valence electrons. The largest absolute Gasteiger partial charge is 0.433 e. The van der Waals surface area contributed by atoms with Gasteiger partial charge >= 0.3 is 11.9 Å². The molecule has 1 aliphatic carbocycles. The number of allylic oxidation sites excluding steroid dienone is 4. The molecule has 0 spiro atoms. The second kappa shape index (κ2) is 9.39. The van der Waals surface area contributed by atoms with Crippen LogP contribution in [-0.4, -0.2) is 29.8 Å². The Hall–Kier alpha value is -3.72. The zero-order valence-electron chi connectivity index (χ0n) is 19.2. The minimum absolute atomic E-state index is 0.0407. The first kappa shape index (κ1) is 24.0. The van der Waals surface area contributed by atoms with Crippen LogP contribution in [0.3, 0.4) is 0 Å². The minimum Gasteiger partial charge on any atom is -0.251 e. The van der Waals surface area contributed by atoms with Crippen LogP contribution < -0.4 is 5.69 Å². The molecule has 0 saturated heterocycles. The molecule has 3 heterocycles. The summed E-state index contributed by atoms with van der Waals surface area (Å²) in [6, 6.07) is 12.0. The summed E-state index contributed by atoms with van der Waals surface area (Å²) in [4.78, 5) is 16.6. The van der Waals surface area contributed by atoms with Crippen molar-refractivity contribution in [2.45, 2.75) is 31.4 Å². The Morgan fingerprint density at radius 3 is 2.50 bits per heavy atom. The van der Waals surface area contributed by atoms with E-state index in [-0.39, 0.29) is 17.8 Å². The molecule has 10 heteroatoms. The summed E-state index contributed by atoms with van der Waals surface area (Å²) in [5, 5.41) is 8.79. The molecule has 1 aliphatic rings. The molecule has 6 nitrogen and oxygen atoms in total. The van der Waals surface area contributed by atoms with Gasteiger partial charge in [-0.1, -0.05) is 61.5 Å². The highest BCUT2D eigenvalue weighted by molar-refractivity contribution is 6.22. The number of alkyl halides is 4. The van der Waals surface area contributed by atoms with Gasteiger partial charge in [-0.05, 0) is 28.7 Å². The maximum absolute atomic E-state index is 13.1. The Morgan fingerprint density at radius 2 is 1.83 bits per heavy atom. The Labute approximate surface area is 209 Å². The SMILES string of the molecule is CC1C=C(c2cnn3c(=O)n(Cc4ccc(C(F)(F)F)nc4)nc3c2Cc2ccccc2)C=CC1Cl. The van der Waals surface area contributed by atoms with Crippen molar-refractivity contribution >= 4 is 22.8 Å². The van der Waals surface area contributed by atoms with Crippen molar-refractivity contribution in [1.82, 2.24) is 24.4 Å². The molecule has 2 unspecified atom stereocenters. The number of halogens is 4. The van der Waals surface area contributed by atoms with Crippen molar-refractivity contribution in [3.05, 3.63) is 112 Å². The number of pyridine rings is 1. The van der Waals surface area contributed by atoms with E-state index in [1.807, 2.05) is 49.4 Å². The number of rotatable bonds is 5. The van der Waals surface area contributed by atoms with Gasteiger partial charge in [0.2, 0.25) is 0 Å². The maximum atomic E-state index is 13.1. The lowest BCUT2D eigenvalue weighted by Crippen LogP contribution is -2.23. The molecular weight excluding hydrogens is 491 g/mol. The Morgan fingerprint density at radius 1 is 1.06 bits per heavy atom. The van der Waals surface area contributed by atoms with Crippen LogP contribution in [0.25, 0.3) is 11.2 Å². The molecule has 1 aromatic carbocycles. The first-order chi connectivity index (χ1) is 17.2. The third-order valence-electron chi connectivity index (χ3n) is 6.10. The molecule has 3 aromatic heterocycles. The van der Waals surface area contributed by atoms with Gasteiger partial charge in [-0.2, -0.15) is 22.8 Å². The van der Waals surface area contributed by atoms with E-state index in [1.54, 1.807) is 6.20 Å². The van der Waals surface area contributed by atoms with Crippen molar-refractivity contribution in [2.75, 3.05) is 0 Å². The fraction of sp³-hybridized carbons (Fsp3) is 0.231. The van der Waals surface area contributed by atoms with E-state index < -0.39 is 17.6 Å². The molecular formula is C26H21ClF3N5O. The van der Waals surface area contributed by atoms with Crippen LogP contribution in [0.2, 0.25) is 0 Å². The van der Waals surface area contributed by atoms with E-state index in [4.69, 9.17) is 11.6 Å². The average Bonchev–Trinajstić information content (AvgIpc) is 3.17. The summed E-state index contributed by atoms with van der Waals surface area (Å²) >= 11 is 6.34. The van der Waals surface area contributed by atoms with E-state index in [2.05, 4.69) is 21.3 Å². The fourth-order valence-electron chi connectivity index (χ4n) is 4.17. The van der Waals surface area contributed by atoms with Gasteiger partial charge in [-0.15, -0.1) is 16.7 Å². The molecule has 36 heavy (non-hydrogen) atoms. The van der Waals surface area contributed by atoms with Crippen molar-refractivity contribution < 1.29 is 13.2 Å². The van der Waals surface area contributed by atoms with Crippen LogP contribution in [0.4, 0.5) is 13.2 Å². The van der Waals surface area contributed by atoms with E-state index in [9.17, 15) is 18.0 Å². The highest BCUT2D eigenvalue weighted by atomic mass is 35.5. The van der Waals surface area contributed by atoms with Crippen LogP contribution in [0.1, 0.15) is 34.9 Å². The maximum Gasteiger partial charge on any atom is 0.433 e. The second-order valence-corrected chi connectivity index (χ2v) is 9.21. The highest BCUT2D eigenvalue weighted by Gasteiger charge is 2.32. The summed E-state index contributed by atoms with van der Waals surface area (Å²) < 4.78 is 41.0. The molecule has 0 N–H and O–H groups in total. The van der Waals surface area contributed by atoms with Crippen LogP contribution >= 0.6 is 11.6 Å². The standard InChI is InChI=1S/C26H21ClF3N5O/c1-16-11-19(8-9-22(16)27)21-14-32-35-24(20(21)12-17-5-3-2-4-6-17)33-34(25(35)36)15-18-7-10-23(31-13-18)26(28,29)30/h2-11,13-14,16,22H,12,15H2,1H3. The monoisotopic (exact) mass is 511 g/mol. The van der Waals surface area contributed by atoms with Gasteiger partial charge in [0.25, 0.3) is 0 Å². The topological polar surface area (TPSA) is 65.1 Å². The Kier molecular flexibility index (Phi) is 6.26. The normalized spacial score (nSPS) is 18.0. The second-order valence-electron chi connectivity index (χ2n) is 8.71. The molecule has 0 bridgehead atoms. The number of hydrogen-bond donors (Lipinski definition) is 0. The fourth-order valence-corrected chi connectivity index (χ4v) is 4.32. The van der Waals surface area contributed by atoms with E-state index >= 15 is 0 Å². The number of fused-ring (bicyclic) bond motifs is 1. The first-order valence-corrected chi connectivity index (χ1v) is 11.7. The van der Waals surface area contributed by atoms with Gasteiger partial charge in [0.05, 0.1) is 18.1 Å². The predicted octanol–water partition coefficient (Wildman–Crippen LogP) is 5.14. The molecule has 4 aromatic rings. The third-order valence-corrected chi connectivity index (χ3v) is 6.64. The van der Waals surface area contributed by atoms with Crippen LogP contribution in [0.15, 0.2) is 77.9 Å². The van der Waals surface area contributed by atoms with Gasteiger partial charge in [-0.3, -0.25) is 4.98 Å². The lowest BCUT2D eigenvalue weighted by Gasteiger charge is -2.19. The molecule has 0 fully saturated rings. The third kappa shape index (κ3) is 4.70. The summed E-state index contributed by atoms with van der Waals surface area (Å²) in [5.41, 5.74) is 2.94. The molecule has 0 amide bonds. The quantitative estimate of drug-likeness (QED) is 0.348.